The van der Waals surface area contributed by atoms with Crippen LogP contribution in [-0.2, 0) is 12.8 Å². The van der Waals surface area contributed by atoms with Gasteiger partial charge in [0.15, 0.2) is 5.69 Å². The zero-order valence-corrected chi connectivity index (χ0v) is 10.8. The van der Waals surface area contributed by atoms with E-state index in [0.29, 0.717) is 11.6 Å². The lowest BCUT2D eigenvalue weighted by molar-refractivity contribution is 0.0933. The van der Waals surface area contributed by atoms with Gasteiger partial charge in [-0.2, -0.15) is 5.10 Å². The van der Waals surface area contributed by atoms with Crippen LogP contribution in [0.15, 0.2) is 0 Å². The van der Waals surface area contributed by atoms with Crippen molar-refractivity contribution in [3.63, 3.8) is 0 Å². The SMILES string of the molecule is CC[C@H](C)NC(=O)c1n[nH]c2c1C[C@H](C)CC2. The summed E-state index contributed by atoms with van der Waals surface area (Å²) in [5, 5.41) is 10.2. The maximum atomic E-state index is 12.1. The number of nitrogens with one attached hydrogen (secondary N) is 2. The molecule has 0 aliphatic heterocycles. The first-order valence-corrected chi connectivity index (χ1v) is 6.48. The van der Waals surface area contributed by atoms with Gasteiger partial charge in [-0.05, 0) is 38.5 Å². The zero-order chi connectivity index (χ0) is 12.4. The summed E-state index contributed by atoms with van der Waals surface area (Å²) in [6.07, 6.45) is 4.10. The van der Waals surface area contributed by atoms with Gasteiger partial charge in [-0.25, -0.2) is 0 Å². The quantitative estimate of drug-likeness (QED) is 0.842. The Labute approximate surface area is 102 Å². The Balaban J connectivity index is 2.16. The molecule has 1 aliphatic rings. The van der Waals surface area contributed by atoms with Crippen molar-refractivity contribution < 1.29 is 4.79 Å². The normalized spacial score (nSPS) is 20.8. The number of rotatable bonds is 3. The van der Waals surface area contributed by atoms with E-state index in [-0.39, 0.29) is 11.9 Å². The second kappa shape index (κ2) is 4.90. The Morgan fingerprint density at radius 2 is 2.41 bits per heavy atom. The van der Waals surface area contributed by atoms with Gasteiger partial charge in [0, 0.05) is 17.3 Å². The summed E-state index contributed by atoms with van der Waals surface area (Å²) in [4.78, 5) is 12.1. The summed E-state index contributed by atoms with van der Waals surface area (Å²) in [6, 6.07) is 0.205. The minimum Gasteiger partial charge on any atom is -0.348 e. The fourth-order valence-corrected chi connectivity index (χ4v) is 2.25. The van der Waals surface area contributed by atoms with Crippen LogP contribution < -0.4 is 5.32 Å². The number of H-pyrrole nitrogens is 1. The summed E-state index contributed by atoms with van der Waals surface area (Å²) in [5.41, 5.74) is 2.88. The second-order valence-electron chi connectivity index (χ2n) is 5.16. The molecule has 1 heterocycles. The van der Waals surface area contributed by atoms with Gasteiger partial charge >= 0.3 is 0 Å². The molecule has 17 heavy (non-hydrogen) atoms. The maximum absolute atomic E-state index is 12.1. The van der Waals surface area contributed by atoms with E-state index in [1.165, 1.54) is 6.42 Å². The van der Waals surface area contributed by atoms with Gasteiger partial charge in [0.1, 0.15) is 0 Å². The molecule has 2 N–H and O–H groups in total. The third-order valence-electron chi connectivity index (χ3n) is 3.60. The molecule has 1 aromatic heterocycles. The first-order valence-electron chi connectivity index (χ1n) is 6.48. The number of aromatic nitrogens is 2. The molecule has 4 nitrogen and oxygen atoms in total. The fourth-order valence-electron chi connectivity index (χ4n) is 2.25. The van der Waals surface area contributed by atoms with Gasteiger partial charge in [-0.3, -0.25) is 9.89 Å². The van der Waals surface area contributed by atoms with Crippen molar-refractivity contribution in [1.82, 2.24) is 15.5 Å². The minimum absolute atomic E-state index is 0.0362. The average molecular weight is 235 g/mol. The van der Waals surface area contributed by atoms with Crippen LogP contribution in [0.1, 0.15) is 55.4 Å². The Morgan fingerprint density at radius 1 is 1.65 bits per heavy atom. The van der Waals surface area contributed by atoms with Crippen LogP contribution in [0.5, 0.6) is 0 Å². The van der Waals surface area contributed by atoms with Gasteiger partial charge in [0.2, 0.25) is 0 Å². The summed E-state index contributed by atoms with van der Waals surface area (Å²) in [6.45, 7) is 6.30. The van der Waals surface area contributed by atoms with E-state index >= 15 is 0 Å². The number of carbonyl (C=O) groups is 1. The van der Waals surface area contributed by atoms with Crippen LogP contribution in [0.3, 0.4) is 0 Å². The Bertz CT molecular complexity index is 411. The molecule has 2 atom stereocenters. The number of hydrogen-bond donors (Lipinski definition) is 2. The van der Waals surface area contributed by atoms with Crippen LogP contribution >= 0.6 is 0 Å². The first-order chi connectivity index (χ1) is 8.11. The van der Waals surface area contributed by atoms with E-state index in [1.807, 2.05) is 6.92 Å². The smallest absolute Gasteiger partial charge is 0.272 e. The van der Waals surface area contributed by atoms with E-state index in [4.69, 9.17) is 0 Å². The molecule has 1 aromatic rings. The number of aryl methyl sites for hydroxylation is 1. The monoisotopic (exact) mass is 235 g/mol. The molecule has 1 amide bonds. The summed E-state index contributed by atoms with van der Waals surface area (Å²) < 4.78 is 0. The van der Waals surface area contributed by atoms with Crippen LogP contribution in [-0.4, -0.2) is 22.1 Å². The molecule has 0 saturated carbocycles. The number of nitrogens with zero attached hydrogens (tertiary/aromatic N) is 1. The van der Waals surface area contributed by atoms with E-state index in [1.54, 1.807) is 0 Å². The predicted octanol–water partition coefficient (Wildman–Crippen LogP) is 2.06. The van der Waals surface area contributed by atoms with E-state index in [9.17, 15) is 4.79 Å². The second-order valence-corrected chi connectivity index (χ2v) is 5.16. The summed E-state index contributed by atoms with van der Waals surface area (Å²) >= 11 is 0. The lowest BCUT2D eigenvalue weighted by Crippen LogP contribution is -2.33. The van der Waals surface area contributed by atoms with Crippen LogP contribution in [0.25, 0.3) is 0 Å². The topological polar surface area (TPSA) is 57.8 Å². The molecule has 0 aromatic carbocycles. The highest BCUT2D eigenvalue weighted by molar-refractivity contribution is 5.94. The highest BCUT2D eigenvalue weighted by atomic mass is 16.2. The number of amides is 1. The fraction of sp³-hybridized carbons (Fsp3) is 0.692. The lowest BCUT2D eigenvalue weighted by Gasteiger charge is -2.18. The van der Waals surface area contributed by atoms with Crippen molar-refractivity contribution >= 4 is 5.91 Å². The van der Waals surface area contributed by atoms with Crippen LogP contribution in [0, 0.1) is 5.92 Å². The highest BCUT2D eigenvalue weighted by Crippen LogP contribution is 2.26. The van der Waals surface area contributed by atoms with E-state index in [0.717, 1.165) is 30.5 Å². The van der Waals surface area contributed by atoms with Gasteiger partial charge in [-0.15, -0.1) is 0 Å². The van der Waals surface area contributed by atoms with Crippen molar-refractivity contribution in [3.8, 4) is 0 Å². The van der Waals surface area contributed by atoms with Crippen molar-refractivity contribution in [2.45, 2.75) is 52.5 Å². The first kappa shape index (κ1) is 12.1. The van der Waals surface area contributed by atoms with Gasteiger partial charge in [0.05, 0.1) is 0 Å². The van der Waals surface area contributed by atoms with E-state index < -0.39 is 0 Å². The molecular formula is C13H21N3O. The van der Waals surface area contributed by atoms with Crippen molar-refractivity contribution in [2.75, 3.05) is 0 Å². The predicted molar refractivity (Wildman–Crippen MR) is 67.0 cm³/mol. The molecular weight excluding hydrogens is 214 g/mol. The van der Waals surface area contributed by atoms with Crippen molar-refractivity contribution in [3.05, 3.63) is 17.0 Å². The Morgan fingerprint density at radius 3 is 3.12 bits per heavy atom. The molecule has 1 aliphatic carbocycles. The number of hydrogen-bond acceptors (Lipinski definition) is 2. The number of carbonyl (C=O) groups excluding carboxylic acids is 1. The summed E-state index contributed by atoms with van der Waals surface area (Å²) in [7, 11) is 0. The van der Waals surface area contributed by atoms with Crippen LogP contribution in [0.4, 0.5) is 0 Å². The van der Waals surface area contributed by atoms with Crippen molar-refractivity contribution in [1.29, 1.82) is 0 Å². The largest absolute Gasteiger partial charge is 0.348 e. The van der Waals surface area contributed by atoms with Crippen LogP contribution in [0.2, 0.25) is 0 Å². The Hall–Kier alpha value is -1.32. The third-order valence-corrected chi connectivity index (χ3v) is 3.60. The van der Waals surface area contributed by atoms with Gasteiger partial charge < -0.3 is 5.32 Å². The number of aromatic amines is 1. The molecule has 0 spiro atoms. The summed E-state index contributed by atoms with van der Waals surface area (Å²) in [5.74, 6) is 0.612. The van der Waals surface area contributed by atoms with Crippen molar-refractivity contribution in [2.24, 2.45) is 5.92 Å². The standard InChI is InChI=1S/C13H21N3O/c1-4-9(3)14-13(17)12-10-7-8(2)5-6-11(10)15-16-12/h8-9H,4-7H2,1-3H3,(H,14,17)(H,15,16)/t8-,9+/m1/s1. The lowest BCUT2D eigenvalue weighted by atomic mass is 9.87. The average Bonchev–Trinajstić information content (AvgIpc) is 2.71. The van der Waals surface area contributed by atoms with E-state index in [2.05, 4.69) is 29.4 Å². The molecule has 2 rings (SSSR count). The molecule has 0 bridgehead atoms. The highest BCUT2D eigenvalue weighted by Gasteiger charge is 2.24. The molecule has 0 radical (unpaired) electrons. The Kier molecular flexibility index (Phi) is 3.50. The van der Waals surface area contributed by atoms with Gasteiger partial charge in [-0.1, -0.05) is 13.8 Å². The minimum atomic E-state index is -0.0362. The molecule has 0 unspecified atom stereocenters. The molecule has 4 heteroatoms. The van der Waals surface area contributed by atoms with Gasteiger partial charge in [0.25, 0.3) is 5.91 Å². The molecule has 94 valence electrons. The third kappa shape index (κ3) is 2.51. The molecule has 0 fully saturated rings. The zero-order valence-electron chi connectivity index (χ0n) is 10.8. The number of fused-ring (bicyclic) bond motifs is 1. The maximum Gasteiger partial charge on any atom is 0.272 e. The molecule has 0 saturated heterocycles.